The monoisotopic (exact) mass is 401 g/mol. The Morgan fingerprint density at radius 2 is 1.83 bits per heavy atom. The van der Waals surface area contributed by atoms with Crippen LogP contribution in [0.15, 0.2) is 77.3 Å². The number of furan rings is 1. The number of rotatable bonds is 7. The zero-order chi connectivity index (χ0) is 20.9. The molecule has 0 radical (unpaired) electrons. The number of anilines is 1. The maximum absolute atomic E-state index is 12.5. The summed E-state index contributed by atoms with van der Waals surface area (Å²) >= 11 is 0. The molecule has 0 bridgehead atoms. The predicted octanol–water partition coefficient (Wildman–Crippen LogP) is 4.97. The highest BCUT2D eigenvalue weighted by Crippen LogP contribution is 2.19. The Hall–Kier alpha value is -3.80. The zero-order valence-corrected chi connectivity index (χ0v) is 17.0. The molecule has 1 amide bonds. The molecule has 6 nitrogen and oxygen atoms in total. The van der Waals surface area contributed by atoms with E-state index in [0.29, 0.717) is 18.1 Å². The van der Waals surface area contributed by atoms with Gasteiger partial charge in [0.2, 0.25) is 0 Å². The van der Waals surface area contributed by atoms with E-state index in [4.69, 9.17) is 9.15 Å². The van der Waals surface area contributed by atoms with E-state index in [-0.39, 0.29) is 18.3 Å². The Morgan fingerprint density at radius 1 is 1.03 bits per heavy atom. The Labute approximate surface area is 175 Å². The minimum absolute atomic E-state index is 0.214. The minimum atomic E-state index is -0.349. The van der Waals surface area contributed by atoms with Crippen LogP contribution in [0.3, 0.4) is 0 Å². The first-order valence-electron chi connectivity index (χ1n) is 9.74. The van der Waals surface area contributed by atoms with Gasteiger partial charge in [-0.25, -0.2) is 0 Å². The lowest BCUT2D eigenvalue weighted by atomic mass is 10.1. The summed E-state index contributed by atoms with van der Waals surface area (Å²) in [5.41, 5.74) is 3.41. The van der Waals surface area contributed by atoms with Crippen molar-refractivity contribution >= 4 is 11.7 Å². The molecule has 0 aliphatic heterocycles. The third-order valence-electron chi connectivity index (χ3n) is 4.70. The number of nitrogens with one attached hydrogen (secondary N) is 1. The second-order valence-electron chi connectivity index (χ2n) is 7.16. The van der Waals surface area contributed by atoms with Crippen molar-refractivity contribution in [3.63, 3.8) is 0 Å². The number of nitrogens with zero attached hydrogens (tertiary/aromatic N) is 2. The fourth-order valence-electron chi connectivity index (χ4n) is 3.02. The van der Waals surface area contributed by atoms with E-state index in [9.17, 15) is 4.79 Å². The van der Waals surface area contributed by atoms with Gasteiger partial charge >= 0.3 is 0 Å². The molecule has 0 spiro atoms. The first-order valence-corrected chi connectivity index (χ1v) is 9.74. The van der Waals surface area contributed by atoms with E-state index < -0.39 is 0 Å². The number of ether oxygens (including phenoxy) is 1. The van der Waals surface area contributed by atoms with Gasteiger partial charge in [0, 0.05) is 12.3 Å². The van der Waals surface area contributed by atoms with Gasteiger partial charge < -0.3 is 14.5 Å². The van der Waals surface area contributed by atoms with Crippen LogP contribution in [0.25, 0.3) is 0 Å². The largest absolute Gasteiger partial charge is 0.485 e. The quantitative estimate of drug-likeness (QED) is 0.475. The Bertz CT molecular complexity index is 1140. The van der Waals surface area contributed by atoms with Crippen molar-refractivity contribution in [3.8, 4) is 5.75 Å². The maximum Gasteiger partial charge on any atom is 0.292 e. The average Bonchev–Trinajstić information content (AvgIpc) is 3.39. The average molecular weight is 401 g/mol. The number of aromatic nitrogens is 2. The normalized spacial score (nSPS) is 10.7. The third kappa shape index (κ3) is 4.78. The molecule has 0 aliphatic carbocycles. The summed E-state index contributed by atoms with van der Waals surface area (Å²) < 4.78 is 13.2. The second-order valence-corrected chi connectivity index (χ2v) is 7.16. The minimum Gasteiger partial charge on any atom is -0.485 e. The van der Waals surface area contributed by atoms with Gasteiger partial charge in [0.1, 0.15) is 18.1 Å². The number of carbonyl (C=O) groups excluding carboxylic acids is 1. The number of carbonyl (C=O) groups is 1. The van der Waals surface area contributed by atoms with E-state index in [0.717, 1.165) is 16.9 Å². The van der Waals surface area contributed by atoms with E-state index in [1.54, 1.807) is 22.9 Å². The molecule has 30 heavy (non-hydrogen) atoms. The summed E-state index contributed by atoms with van der Waals surface area (Å²) in [5.74, 6) is 1.71. The van der Waals surface area contributed by atoms with E-state index in [2.05, 4.69) is 41.6 Å². The van der Waals surface area contributed by atoms with Gasteiger partial charge in [-0.3, -0.25) is 9.48 Å². The van der Waals surface area contributed by atoms with Gasteiger partial charge in [0.25, 0.3) is 5.91 Å². The number of hydrogen-bond acceptors (Lipinski definition) is 4. The maximum atomic E-state index is 12.5. The molecule has 2 heterocycles. The van der Waals surface area contributed by atoms with E-state index in [1.807, 2.05) is 37.4 Å². The molecular weight excluding hydrogens is 378 g/mol. The smallest absolute Gasteiger partial charge is 0.292 e. The molecular formula is C24H23N3O3. The molecule has 4 aromatic rings. The van der Waals surface area contributed by atoms with Crippen LogP contribution in [0.2, 0.25) is 0 Å². The molecule has 4 rings (SSSR count). The molecule has 0 saturated heterocycles. The molecule has 2 aromatic heterocycles. The lowest BCUT2D eigenvalue weighted by molar-refractivity contribution is 0.0992. The fourth-order valence-corrected chi connectivity index (χ4v) is 3.02. The summed E-state index contributed by atoms with van der Waals surface area (Å²) in [6, 6.07) is 21.2. The Morgan fingerprint density at radius 3 is 2.63 bits per heavy atom. The van der Waals surface area contributed by atoms with Gasteiger partial charge in [0.05, 0.1) is 6.54 Å². The van der Waals surface area contributed by atoms with Crippen molar-refractivity contribution in [3.05, 3.63) is 101 Å². The number of hydrogen-bond donors (Lipinski definition) is 1. The lowest BCUT2D eigenvalue weighted by Gasteiger charge is -2.06. The fraction of sp³-hybridized carbons (Fsp3) is 0.167. The van der Waals surface area contributed by atoms with Gasteiger partial charge in [-0.05, 0) is 43.2 Å². The van der Waals surface area contributed by atoms with Crippen LogP contribution in [0, 0.1) is 13.8 Å². The van der Waals surface area contributed by atoms with Crippen LogP contribution in [-0.2, 0) is 13.2 Å². The van der Waals surface area contributed by atoms with Crippen LogP contribution in [0.5, 0.6) is 5.75 Å². The molecule has 0 fully saturated rings. The lowest BCUT2D eigenvalue weighted by Crippen LogP contribution is -2.12. The highest BCUT2D eigenvalue weighted by molar-refractivity contribution is 6.01. The van der Waals surface area contributed by atoms with Gasteiger partial charge in [-0.1, -0.05) is 48.0 Å². The standard InChI is InChI=1S/C24H23N3O3/c1-17-7-9-19(10-8-17)15-27-14-13-23(26-27)25-24(28)22-12-11-20(30-22)16-29-21-6-4-3-5-18(21)2/h3-14H,15-16H2,1-2H3,(H,25,26,28). The molecule has 152 valence electrons. The van der Waals surface area contributed by atoms with Crippen molar-refractivity contribution in [1.29, 1.82) is 0 Å². The topological polar surface area (TPSA) is 69.3 Å². The van der Waals surface area contributed by atoms with E-state index >= 15 is 0 Å². The molecule has 0 atom stereocenters. The number of para-hydroxylation sites is 1. The molecule has 1 N–H and O–H groups in total. The van der Waals surface area contributed by atoms with Gasteiger partial charge in [-0.15, -0.1) is 0 Å². The molecule has 0 saturated carbocycles. The summed E-state index contributed by atoms with van der Waals surface area (Å²) in [4.78, 5) is 12.5. The van der Waals surface area contributed by atoms with Crippen LogP contribution < -0.4 is 10.1 Å². The van der Waals surface area contributed by atoms with Crippen LogP contribution >= 0.6 is 0 Å². The van der Waals surface area contributed by atoms with Crippen LogP contribution in [0.1, 0.15) is 33.0 Å². The summed E-state index contributed by atoms with van der Waals surface area (Å²) in [6.45, 7) is 4.93. The van der Waals surface area contributed by atoms with Crippen molar-refractivity contribution in [2.24, 2.45) is 0 Å². The summed E-state index contributed by atoms with van der Waals surface area (Å²) in [7, 11) is 0. The molecule has 6 heteroatoms. The van der Waals surface area contributed by atoms with Crippen molar-refractivity contribution < 1.29 is 13.9 Å². The zero-order valence-electron chi connectivity index (χ0n) is 17.0. The highest BCUT2D eigenvalue weighted by Gasteiger charge is 2.13. The SMILES string of the molecule is Cc1ccc(Cn2ccc(NC(=O)c3ccc(COc4ccccc4C)o3)n2)cc1. The number of benzene rings is 2. The van der Waals surface area contributed by atoms with Crippen molar-refractivity contribution in [1.82, 2.24) is 9.78 Å². The predicted molar refractivity (Wildman–Crippen MR) is 115 cm³/mol. The highest BCUT2D eigenvalue weighted by atomic mass is 16.5. The van der Waals surface area contributed by atoms with Gasteiger partial charge in [0.15, 0.2) is 11.6 Å². The summed E-state index contributed by atoms with van der Waals surface area (Å²) in [5, 5.41) is 7.17. The second kappa shape index (κ2) is 8.69. The van der Waals surface area contributed by atoms with Crippen molar-refractivity contribution in [2.75, 3.05) is 5.32 Å². The first kappa shape index (κ1) is 19.5. The Balaban J connectivity index is 1.34. The van der Waals surface area contributed by atoms with Crippen LogP contribution in [0.4, 0.5) is 5.82 Å². The number of aryl methyl sites for hydroxylation is 2. The van der Waals surface area contributed by atoms with Gasteiger partial charge in [-0.2, -0.15) is 5.10 Å². The molecule has 0 aliphatic rings. The molecule has 2 aromatic carbocycles. The Kier molecular flexibility index (Phi) is 5.66. The van der Waals surface area contributed by atoms with E-state index in [1.165, 1.54) is 5.56 Å². The molecule has 0 unspecified atom stereocenters. The third-order valence-corrected chi connectivity index (χ3v) is 4.70. The first-order chi connectivity index (χ1) is 14.6. The number of amides is 1. The van der Waals surface area contributed by atoms with Crippen LogP contribution in [-0.4, -0.2) is 15.7 Å². The van der Waals surface area contributed by atoms with Crippen molar-refractivity contribution in [2.45, 2.75) is 27.0 Å². The summed E-state index contributed by atoms with van der Waals surface area (Å²) in [6.07, 6.45) is 1.83.